The molecule has 4 heteroatoms. The molecular weight excluding hydrogens is 361 g/mol. The normalized spacial score (nSPS) is 24.3. The lowest BCUT2D eigenvalue weighted by atomic mass is 9.95. The van der Waals surface area contributed by atoms with E-state index in [1.165, 1.54) is 0 Å². The van der Waals surface area contributed by atoms with Gasteiger partial charge in [-0.1, -0.05) is 25.4 Å². The zero-order valence-electron chi connectivity index (χ0n) is 10.7. The first kappa shape index (κ1) is 14.4. The first-order chi connectivity index (χ1) is 8.56. The van der Waals surface area contributed by atoms with Gasteiger partial charge >= 0.3 is 0 Å². The first-order valence-electron chi connectivity index (χ1n) is 6.39. The summed E-state index contributed by atoms with van der Waals surface area (Å²) in [6.45, 7) is 5.26. The van der Waals surface area contributed by atoms with Crippen LogP contribution in [0.5, 0.6) is 0 Å². The van der Waals surface area contributed by atoms with Crippen LogP contribution in [0.2, 0.25) is 5.02 Å². The van der Waals surface area contributed by atoms with Crippen molar-refractivity contribution in [1.29, 1.82) is 0 Å². The Hall–Kier alpha value is -0.000000000000000132. The van der Waals surface area contributed by atoms with E-state index in [0.29, 0.717) is 18.1 Å². The number of ether oxygens (including phenoxy) is 1. The van der Waals surface area contributed by atoms with E-state index in [-0.39, 0.29) is 0 Å². The van der Waals surface area contributed by atoms with E-state index in [4.69, 9.17) is 16.3 Å². The molecule has 2 atom stereocenters. The highest BCUT2D eigenvalue weighted by atomic mass is 127. The molecule has 0 amide bonds. The maximum Gasteiger partial charge on any atom is 0.0648 e. The van der Waals surface area contributed by atoms with Crippen LogP contribution in [-0.2, 0) is 4.74 Å². The van der Waals surface area contributed by atoms with Crippen LogP contribution in [0.1, 0.15) is 26.7 Å². The van der Waals surface area contributed by atoms with Crippen molar-refractivity contribution in [1.82, 2.24) is 0 Å². The number of benzene rings is 1. The van der Waals surface area contributed by atoms with E-state index in [0.717, 1.165) is 33.7 Å². The van der Waals surface area contributed by atoms with Crippen LogP contribution < -0.4 is 5.32 Å². The van der Waals surface area contributed by atoms with Crippen molar-refractivity contribution in [2.75, 3.05) is 11.9 Å². The van der Waals surface area contributed by atoms with Gasteiger partial charge < -0.3 is 10.1 Å². The van der Waals surface area contributed by atoms with Crippen molar-refractivity contribution >= 4 is 39.9 Å². The Kier molecular flexibility index (Phi) is 5.15. The zero-order chi connectivity index (χ0) is 13.1. The molecule has 2 nitrogen and oxygen atoms in total. The molecule has 0 saturated carbocycles. The van der Waals surface area contributed by atoms with Gasteiger partial charge in [0.15, 0.2) is 0 Å². The van der Waals surface area contributed by atoms with Gasteiger partial charge in [-0.15, -0.1) is 0 Å². The monoisotopic (exact) mass is 379 g/mol. The second-order valence-electron chi connectivity index (χ2n) is 5.14. The maximum atomic E-state index is 6.25. The summed E-state index contributed by atoms with van der Waals surface area (Å²) in [6, 6.07) is 6.59. The molecule has 1 N–H and O–H groups in total. The van der Waals surface area contributed by atoms with Crippen LogP contribution in [0.25, 0.3) is 0 Å². The Bertz CT molecular complexity index is 411. The van der Waals surface area contributed by atoms with E-state index >= 15 is 0 Å². The van der Waals surface area contributed by atoms with Crippen molar-refractivity contribution in [3.8, 4) is 0 Å². The molecule has 0 aliphatic carbocycles. The van der Waals surface area contributed by atoms with Crippen LogP contribution in [0.15, 0.2) is 18.2 Å². The molecule has 18 heavy (non-hydrogen) atoms. The van der Waals surface area contributed by atoms with E-state index in [2.05, 4.69) is 53.9 Å². The third-order valence-electron chi connectivity index (χ3n) is 3.35. The minimum Gasteiger partial charge on any atom is -0.381 e. The van der Waals surface area contributed by atoms with Gasteiger partial charge in [0, 0.05) is 16.2 Å². The number of hydrogen-bond donors (Lipinski definition) is 1. The predicted molar refractivity (Wildman–Crippen MR) is 85.4 cm³/mol. The second-order valence-corrected chi connectivity index (χ2v) is 6.80. The SMILES string of the molecule is CC(C)C1CC(Nc2ccc(I)cc2Cl)CCO1. The number of anilines is 1. The summed E-state index contributed by atoms with van der Waals surface area (Å²) in [5.41, 5.74) is 1.03. The topological polar surface area (TPSA) is 21.3 Å². The molecule has 0 radical (unpaired) electrons. The number of nitrogens with one attached hydrogen (secondary N) is 1. The lowest BCUT2D eigenvalue weighted by Crippen LogP contribution is -2.36. The molecule has 1 fully saturated rings. The van der Waals surface area contributed by atoms with Gasteiger partial charge in [-0.3, -0.25) is 0 Å². The summed E-state index contributed by atoms with van der Waals surface area (Å²) in [5.74, 6) is 0.571. The summed E-state index contributed by atoms with van der Waals surface area (Å²) in [7, 11) is 0. The molecule has 1 saturated heterocycles. The van der Waals surface area contributed by atoms with Crippen molar-refractivity contribution in [2.24, 2.45) is 5.92 Å². The van der Waals surface area contributed by atoms with Gasteiger partial charge in [0.2, 0.25) is 0 Å². The molecule has 0 aromatic heterocycles. The summed E-state index contributed by atoms with van der Waals surface area (Å²) in [5, 5.41) is 4.35. The Balaban J connectivity index is 2.00. The van der Waals surface area contributed by atoms with Crippen molar-refractivity contribution < 1.29 is 4.74 Å². The van der Waals surface area contributed by atoms with Gasteiger partial charge in [-0.25, -0.2) is 0 Å². The van der Waals surface area contributed by atoms with Gasteiger partial charge in [-0.05, 0) is 59.5 Å². The number of rotatable bonds is 3. The lowest BCUT2D eigenvalue weighted by Gasteiger charge is -2.33. The number of halogens is 2. The van der Waals surface area contributed by atoms with Gasteiger partial charge in [0.25, 0.3) is 0 Å². The highest BCUT2D eigenvalue weighted by Gasteiger charge is 2.25. The molecule has 2 unspecified atom stereocenters. The molecular formula is C14H19ClINO. The molecule has 0 spiro atoms. The van der Waals surface area contributed by atoms with E-state index in [1.807, 2.05) is 6.07 Å². The highest BCUT2D eigenvalue weighted by molar-refractivity contribution is 14.1. The van der Waals surface area contributed by atoms with Crippen LogP contribution in [0.4, 0.5) is 5.69 Å². The van der Waals surface area contributed by atoms with Crippen molar-refractivity contribution in [3.05, 3.63) is 26.8 Å². The smallest absolute Gasteiger partial charge is 0.0648 e. The molecule has 2 rings (SSSR count). The summed E-state index contributed by atoms with van der Waals surface area (Å²) >= 11 is 8.52. The molecule has 1 aromatic rings. The summed E-state index contributed by atoms with van der Waals surface area (Å²) in [4.78, 5) is 0. The van der Waals surface area contributed by atoms with Crippen LogP contribution in [0, 0.1) is 9.49 Å². The standard InChI is InChI=1S/C14H19ClINO/c1-9(2)14-8-11(5-6-18-14)17-13-4-3-10(16)7-12(13)15/h3-4,7,9,11,14,17H,5-6,8H2,1-2H3. The fraction of sp³-hybridized carbons (Fsp3) is 0.571. The predicted octanol–water partition coefficient (Wildman–Crippen LogP) is 4.56. The lowest BCUT2D eigenvalue weighted by molar-refractivity contribution is -0.0160. The Morgan fingerprint density at radius 3 is 2.89 bits per heavy atom. The minimum absolute atomic E-state index is 0.360. The minimum atomic E-state index is 0.360. The fourth-order valence-electron chi connectivity index (χ4n) is 2.25. The summed E-state index contributed by atoms with van der Waals surface area (Å²) in [6.07, 6.45) is 2.46. The Labute approximate surface area is 128 Å². The third-order valence-corrected chi connectivity index (χ3v) is 4.33. The van der Waals surface area contributed by atoms with E-state index in [1.54, 1.807) is 0 Å². The molecule has 1 aromatic carbocycles. The van der Waals surface area contributed by atoms with E-state index in [9.17, 15) is 0 Å². The first-order valence-corrected chi connectivity index (χ1v) is 7.85. The molecule has 1 aliphatic rings. The quantitative estimate of drug-likeness (QED) is 0.777. The maximum absolute atomic E-state index is 6.25. The third kappa shape index (κ3) is 3.75. The van der Waals surface area contributed by atoms with Crippen LogP contribution >= 0.6 is 34.2 Å². The molecule has 1 heterocycles. The van der Waals surface area contributed by atoms with Gasteiger partial charge in [0.1, 0.15) is 0 Å². The fourth-order valence-corrected chi connectivity index (χ4v) is 3.16. The molecule has 0 bridgehead atoms. The average molecular weight is 380 g/mol. The van der Waals surface area contributed by atoms with E-state index < -0.39 is 0 Å². The number of hydrogen-bond acceptors (Lipinski definition) is 2. The van der Waals surface area contributed by atoms with Crippen LogP contribution in [0.3, 0.4) is 0 Å². The van der Waals surface area contributed by atoms with Gasteiger partial charge in [0.05, 0.1) is 16.8 Å². The highest BCUT2D eigenvalue weighted by Crippen LogP contribution is 2.28. The van der Waals surface area contributed by atoms with Crippen LogP contribution in [-0.4, -0.2) is 18.8 Å². The largest absolute Gasteiger partial charge is 0.381 e. The zero-order valence-corrected chi connectivity index (χ0v) is 13.7. The van der Waals surface area contributed by atoms with Crippen molar-refractivity contribution in [2.45, 2.75) is 38.8 Å². The average Bonchev–Trinajstić information content (AvgIpc) is 2.33. The second kappa shape index (κ2) is 6.44. The molecule has 1 aliphatic heterocycles. The Morgan fingerprint density at radius 1 is 1.44 bits per heavy atom. The van der Waals surface area contributed by atoms with Crippen molar-refractivity contribution in [3.63, 3.8) is 0 Å². The Morgan fingerprint density at radius 2 is 2.22 bits per heavy atom. The van der Waals surface area contributed by atoms with Gasteiger partial charge in [-0.2, -0.15) is 0 Å². The summed E-state index contributed by atoms with van der Waals surface area (Å²) < 4.78 is 6.94. The molecule has 100 valence electrons.